The molecule has 1 atom stereocenters. The second-order valence-corrected chi connectivity index (χ2v) is 10.6. The number of Topliss-reactive ketones (excluding diaryl/α,β-unsaturated/α-hetero) is 1. The number of aryl methyl sites for hydroxylation is 3. The van der Waals surface area contributed by atoms with Crippen molar-refractivity contribution in [1.29, 1.82) is 0 Å². The predicted molar refractivity (Wildman–Crippen MR) is 145 cm³/mol. The van der Waals surface area contributed by atoms with Crippen molar-refractivity contribution in [1.82, 2.24) is 14.4 Å². The Kier molecular flexibility index (Phi) is 5.40. The second kappa shape index (κ2) is 8.54. The molecule has 1 aliphatic rings. The van der Waals surface area contributed by atoms with Crippen molar-refractivity contribution in [3.8, 4) is 0 Å². The van der Waals surface area contributed by atoms with E-state index in [1.807, 2.05) is 61.7 Å². The van der Waals surface area contributed by atoms with Crippen molar-refractivity contribution in [2.45, 2.75) is 26.8 Å². The number of carbonyl (C=O) groups excluding carboxylic acids is 2. The third kappa shape index (κ3) is 3.63. The molecule has 0 spiro atoms. The summed E-state index contributed by atoms with van der Waals surface area (Å²) in [5.41, 5.74) is 4.81. The molecular weight excluding hydrogens is 508 g/mol. The van der Waals surface area contributed by atoms with Crippen LogP contribution in [0.2, 0.25) is 5.02 Å². The summed E-state index contributed by atoms with van der Waals surface area (Å²) in [7, 11) is 0. The first-order chi connectivity index (χ1) is 17.7. The maximum absolute atomic E-state index is 13.5. The van der Waals surface area contributed by atoms with Gasteiger partial charge in [-0.15, -0.1) is 0 Å². The van der Waals surface area contributed by atoms with Crippen LogP contribution in [0.4, 0.5) is 5.13 Å². The van der Waals surface area contributed by atoms with Crippen LogP contribution < -0.4 is 4.90 Å². The molecule has 1 aliphatic heterocycles. The molecule has 1 unspecified atom stereocenters. The van der Waals surface area contributed by atoms with Crippen LogP contribution in [0.25, 0.3) is 21.6 Å². The number of aliphatic hydroxyl groups excluding tert-OH is 1. The Labute approximate surface area is 221 Å². The minimum atomic E-state index is -0.925. The number of hydrogen-bond acceptors (Lipinski definition) is 6. The first-order valence-electron chi connectivity index (χ1n) is 11.6. The van der Waals surface area contributed by atoms with E-state index in [2.05, 4.69) is 9.97 Å². The topological polar surface area (TPSA) is 87.8 Å². The predicted octanol–water partition coefficient (Wildman–Crippen LogP) is 6.15. The molecule has 2 aromatic carbocycles. The van der Waals surface area contributed by atoms with Crippen LogP contribution in [-0.4, -0.2) is 31.2 Å². The number of hydrogen-bond donors (Lipinski definition) is 1. The number of benzene rings is 2. The van der Waals surface area contributed by atoms with E-state index in [1.54, 1.807) is 24.3 Å². The van der Waals surface area contributed by atoms with E-state index >= 15 is 0 Å². The summed E-state index contributed by atoms with van der Waals surface area (Å²) in [5, 5.41) is 12.4. The summed E-state index contributed by atoms with van der Waals surface area (Å²) in [6, 6.07) is 15.6. The second-order valence-electron chi connectivity index (χ2n) is 9.12. The van der Waals surface area contributed by atoms with E-state index < -0.39 is 17.7 Å². The summed E-state index contributed by atoms with van der Waals surface area (Å²) in [4.78, 5) is 37.7. The summed E-state index contributed by atoms with van der Waals surface area (Å²) in [6.07, 6.45) is 1.84. The molecular formula is C28H21ClN4O3S. The lowest BCUT2D eigenvalue weighted by Gasteiger charge is -2.23. The Hall–Kier alpha value is -4.01. The van der Waals surface area contributed by atoms with Gasteiger partial charge in [0.05, 0.1) is 27.5 Å². The summed E-state index contributed by atoms with van der Waals surface area (Å²) in [6.45, 7) is 5.72. The van der Waals surface area contributed by atoms with E-state index in [9.17, 15) is 14.7 Å². The SMILES string of the molecule is Cc1ccc2nc(N3C(=O)C(=O)C(=C(O)c4nc5c(C)cccn5c4C)C3c3cccc(Cl)c3)sc2c1. The van der Waals surface area contributed by atoms with Crippen LogP contribution in [-0.2, 0) is 9.59 Å². The Morgan fingerprint density at radius 2 is 1.84 bits per heavy atom. The van der Waals surface area contributed by atoms with Gasteiger partial charge >= 0.3 is 5.91 Å². The highest BCUT2D eigenvalue weighted by Crippen LogP contribution is 2.45. The molecule has 184 valence electrons. The number of nitrogens with zero attached hydrogens (tertiary/aromatic N) is 4. The number of aromatic nitrogens is 3. The fourth-order valence-corrected chi connectivity index (χ4v) is 6.11. The highest BCUT2D eigenvalue weighted by atomic mass is 35.5. The van der Waals surface area contributed by atoms with E-state index in [4.69, 9.17) is 11.6 Å². The molecule has 3 aromatic heterocycles. The van der Waals surface area contributed by atoms with Gasteiger partial charge in [-0.2, -0.15) is 0 Å². The molecule has 6 rings (SSSR count). The van der Waals surface area contributed by atoms with Gasteiger partial charge in [-0.1, -0.05) is 47.2 Å². The third-order valence-corrected chi connectivity index (χ3v) is 7.91. The van der Waals surface area contributed by atoms with E-state index in [0.29, 0.717) is 27.1 Å². The number of amides is 1. The number of imidazole rings is 1. The normalized spacial score (nSPS) is 17.4. The molecule has 1 fully saturated rings. The molecule has 1 amide bonds. The molecule has 9 heteroatoms. The van der Waals surface area contributed by atoms with E-state index in [0.717, 1.165) is 21.3 Å². The number of ketones is 1. The Bertz CT molecular complexity index is 1800. The molecule has 0 radical (unpaired) electrons. The number of fused-ring (bicyclic) bond motifs is 2. The standard InChI is InChI=1S/C28H21ClN4O3S/c1-14-9-10-19-20(12-14)37-28(30-19)33-23(17-7-4-8-18(29)13-17)21(25(35)27(33)36)24(34)22-16(3)32-11-5-6-15(2)26(32)31-22/h4-13,23,34H,1-3H3. The fourth-order valence-electron chi connectivity index (χ4n) is 4.82. The summed E-state index contributed by atoms with van der Waals surface area (Å²) < 4.78 is 2.75. The van der Waals surface area contributed by atoms with E-state index in [1.165, 1.54) is 16.2 Å². The van der Waals surface area contributed by atoms with Crippen LogP contribution in [0.1, 0.15) is 34.1 Å². The van der Waals surface area contributed by atoms with Crippen LogP contribution in [0.5, 0.6) is 0 Å². The van der Waals surface area contributed by atoms with Crippen molar-refractivity contribution in [2.24, 2.45) is 0 Å². The number of thiazole rings is 1. The largest absolute Gasteiger partial charge is 0.505 e. The van der Waals surface area contributed by atoms with Gasteiger partial charge in [0.25, 0.3) is 5.78 Å². The minimum absolute atomic E-state index is 0.0492. The number of pyridine rings is 1. The van der Waals surface area contributed by atoms with Gasteiger partial charge in [0, 0.05) is 11.2 Å². The zero-order valence-corrected chi connectivity index (χ0v) is 21.8. The van der Waals surface area contributed by atoms with Crippen molar-refractivity contribution in [3.05, 3.63) is 99.5 Å². The van der Waals surface area contributed by atoms with Gasteiger partial charge in [-0.3, -0.25) is 14.5 Å². The first kappa shape index (κ1) is 23.4. The average Bonchev–Trinajstić information content (AvgIpc) is 3.51. The van der Waals surface area contributed by atoms with Crippen LogP contribution in [0.3, 0.4) is 0 Å². The lowest BCUT2D eigenvalue weighted by molar-refractivity contribution is -0.132. The number of carbonyl (C=O) groups is 2. The number of aliphatic hydroxyl groups is 1. The smallest absolute Gasteiger partial charge is 0.301 e. The van der Waals surface area contributed by atoms with Gasteiger partial charge in [-0.05, 0) is 67.8 Å². The van der Waals surface area contributed by atoms with Gasteiger partial charge in [0.15, 0.2) is 10.9 Å². The lowest BCUT2D eigenvalue weighted by Crippen LogP contribution is -2.29. The molecule has 5 aromatic rings. The lowest BCUT2D eigenvalue weighted by atomic mass is 9.96. The zero-order chi connectivity index (χ0) is 26.0. The Morgan fingerprint density at radius 1 is 1.03 bits per heavy atom. The fraction of sp³-hybridized carbons (Fsp3) is 0.143. The maximum Gasteiger partial charge on any atom is 0.301 e. The first-order valence-corrected chi connectivity index (χ1v) is 12.8. The summed E-state index contributed by atoms with van der Waals surface area (Å²) in [5.74, 6) is -1.89. The van der Waals surface area contributed by atoms with Gasteiger partial charge in [0.2, 0.25) is 0 Å². The minimum Gasteiger partial charge on any atom is -0.505 e. The maximum atomic E-state index is 13.5. The molecule has 4 heterocycles. The van der Waals surface area contributed by atoms with Crippen molar-refractivity contribution in [3.63, 3.8) is 0 Å². The van der Waals surface area contributed by atoms with Crippen molar-refractivity contribution in [2.75, 3.05) is 4.90 Å². The molecule has 0 saturated carbocycles. The van der Waals surface area contributed by atoms with Crippen LogP contribution in [0.15, 0.2) is 66.4 Å². The monoisotopic (exact) mass is 528 g/mol. The number of rotatable bonds is 3. The molecule has 37 heavy (non-hydrogen) atoms. The molecule has 1 saturated heterocycles. The van der Waals surface area contributed by atoms with Crippen LogP contribution in [0, 0.1) is 20.8 Å². The van der Waals surface area contributed by atoms with Gasteiger partial charge in [-0.25, -0.2) is 9.97 Å². The van der Waals surface area contributed by atoms with Gasteiger partial charge < -0.3 is 9.51 Å². The highest BCUT2D eigenvalue weighted by Gasteiger charge is 2.48. The quantitative estimate of drug-likeness (QED) is 0.172. The highest BCUT2D eigenvalue weighted by molar-refractivity contribution is 7.22. The average molecular weight is 529 g/mol. The van der Waals surface area contributed by atoms with Crippen molar-refractivity contribution < 1.29 is 14.7 Å². The Balaban J connectivity index is 1.61. The summed E-state index contributed by atoms with van der Waals surface area (Å²) >= 11 is 7.64. The molecule has 7 nitrogen and oxygen atoms in total. The molecule has 0 bridgehead atoms. The third-order valence-electron chi connectivity index (χ3n) is 6.66. The number of halogens is 1. The molecule has 1 N–H and O–H groups in total. The Morgan fingerprint density at radius 3 is 2.59 bits per heavy atom. The zero-order valence-electron chi connectivity index (χ0n) is 20.2. The molecule has 0 aliphatic carbocycles. The van der Waals surface area contributed by atoms with Gasteiger partial charge in [0.1, 0.15) is 11.3 Å². The van der Waals surface area contributed by atoms with Crippen molar-refractivity contribution >= 4 is 61.4 Å². The van der Waals surface area contributed by atoms with Crippen LogP contribution >= 0.6 is 22.9 Å². The van der Waals surface area contributed by atoms with E-state index in [-0.39, 0.29) is 17.0 Å². The number of anilines is 1.